The van der Waals surface area contributed by atoms with E-state index in [0.717, 1.165) is 53.4 Å². The lowest BCUT2D eigenvalue weighted by atomic mass is 10.0. The van der Waals surface area contributed by atoms with Gasteiger partial charge in [-0.05, 0) is 61.1 Å². The number of anilines is 1. The minimum atomic E-state index is -0.0502. The average molecular weight is 453 g/mol. The second kappa shape index (κ2) is 10.5. The Balaban J connectivity index is 1.62. The van der Waals surface area contributed by atoms with Gasteiger partial charge in [0.1, 0.15) is 5.75 Å². The third-order valence-electron chi connectivity index (χ3n) is 5.82. The Morgan fingerprint density at radius 3 is 2.75 bits per heavy atom. The van der Waals surface area contributed by atoms with E-state index >= 15 is 0 Å². The predicted molar refractivity (Wildman–Crippen MR) is 131 cm³/mol. The van der Waals surface area contributed by atoms with Crippen molar-refractivity contribution in [1.82, 2.24) is 4.98 Å². The number of nitrogens with zero attached hydrogens (tertiary/aromatic N) is 2. The molecule has 0 aliphatic carbocycles. The van der Waals surface area contributed by atoms with Gasteiger partial charge in [0, 0.05) is 12.2 Å². The highest BCUT2D eigenvalue weighted by Crippen LogP contribution is 2.34. The van der Waals surface area contributed by atoms with E-state index in [2.05, 4.69) is 39.0 Å². The molecular weight excluding hydrogens is 420 g/mol. The van der Waals surface area contributed by atoms with E-state index in [1.54, 1.807) is 16.2 Å². The molecular formula is C26H32N2O3S. The lowest BCUT2D eigenvalue weighted by Gasteiger charge is -2.23. The number of carbonyl (C=O) groups is 1. The number of carbonyl (C=O) groups excluding carboxylic acids is 1. The molecule has 0 saturated carbocycles. The monoisotopic (exact) mass is 452 g/mol. The van der Waals surface area contributed by atoms with Crippen LogP contribution in [0.25, 0.3) is 10.2 Å². The Morgan fingerprint density at radius 2 is 2.06 bits per heavy atom. The molecule has 6 heteroatoms. The molecule has 1 unspecified atom stereocenters. The Morgan fingerprint density at radius 1 is 1.25 bits per heavy atom. The van der Waals surface area contributed by atoms with Crippen LogP contribution in [-0.4, -0.2) is 36.8 Å². The maximum absolute atomic E-state index is 13.6. The molecule has 0 radical (unpaired) electrons. The molecule has 3 aromatic rings. The van der Waals surface area contributed by atoms with Crippen molar-refractivity contribution in [2.75, 3.05) is 24.7 Å². The van der Waals surface area contributed by atoms with Crippen LogP contribution in [0.4, 0.5) is 5.13 Å². The molecule has 32 heavy (non-hydrogen) atoms. The number of hydrogen-bond acceptors (Lipinski definition) is 5. The highest BCUT2D eigenvalue weighted by Gasteiger charge is 2.27. The number of unbranched alkanes of at least 4 members (excludes halogenated alkanes) is 1. The Kier molecular flexibility index (Phi) is 7.43. The van der Waals surface area contributed by atoms with Crippen molar-refractivity contribution in [1.29, 1.82) is 0 Å². The van der Waals surface area contributed by atoms with Gasteiger partial charge in [-0.2, -0.15) is 0 Å². The van der Waals surface area contributed by atoms with Crippen LogP contribution in [-0.2, 0) is 4.74 Å². The number of ether oxygens (including phenoxy) is 2. The first-order chi connectivity index (χ1) is 15.6. The molecule has 1 amide bonds. The molecule has 2 heterocycles. The molecule has 2 aromatic carbocycles. The Hall–Kier alpha value is -2.44. The summed E-state index contributed by atoms with van der Waals surface area (Å²) in [4.78, 5) is 20.3. The number of amides is 1. The van der Waals surface area contributed by atoms with Gasteiger partial charge in [-0.1, -0.05) is 50.7 Å². The van der Waals surface area contributed by atoms with Crippen molar-refractivity contribution in [3.8, 4) is 5.75 Å². The fraction of sp³-hybridized carbons (Fsp3) is 0.462. The summed E-state index contributed by atoms with van der Waals surface area (Å²) in [5, 5.41) is 0.733. The van der Waals surface area contributed by atoms with Gasteiger partial charge in [-0.25, -0.2) is 4.98 Å². The zero-order chi connectivity index (χ0) is 22.5. The standard InChI is InChI=1S/C26H32N2O3S/c1-4-5-15-30-20-13-11-19(12-14-20)25(29)28(17-21-8-7-16-31-21)26-27-24-22(18(2)3)9-6-10-23(24)32-26/h6,9-14,18,21H,4-5,7-8,15-17H2,1-3H3. The number of thiazole rings is 1. The van der Waals surface area contributed by atoms with Crippen LogP contribution in [0, 0.1) is 0 Å². The second-order valence-corrected chi connectivity index (χ2v) is 9.63. The second-order valence-electron chi connectivity index (χ2n) is 8.62. The summed E-state index contributed by atoms with van der Waals surface area (Å²) in [5.74, 6) is 1.12. The van der Waals surface area contributed by atoms with Gasteiger partial charge in [0.2, 0.25) is 0 Å². The molecule has 1 fully saturated rings. The predicted octanol–water partition coefficient (Wildman–Crippen LogP) is 6.42. The number of para-hydroxylation sites is 1. The van der Waals surface area contributed by atoms with E-state index in [0.29, 0.717) is 24.6 Å². The lowest BCUT2D eigenvalue weighted by Crippen LogP contribution is -2.37. The minimum Gasteiger partial charge on any atom is -0.494 e. The molecule has 1 aliphatic heterocycles. The molecule has 0 bridgehead atoms. The topological polar surface area (TPSA) is 51.7 Å². The van der Waals surface area contributed by atoms with E-state index in [-0.39, 0.29) is 12.0 Å². The van der Waals surface area contributed by atoms with Crippen molar-refractivity contribution in [3.63, 3.8) is 0 Å². The maximum Gasteiger partial charge on any atom is 0.260 e. The minimum absolute atomic E-state index is 0.0483. The average Bonchev–Trinajstić information content (AvgIpc) is 3.47. The normalized spacial score (nSPS) is 16.1. The maximum atomic E-state index is 13.6. The summed E-state index contributed by atoms with van der Waals surface area (Å²) in [6, 6.07) is 13.7. The third kappa shape index (κ3) is 5.13. The van der Waals surface area contributed by atoms with E-state index < -0.39 is 0 Å². The summed E-state index contributed by atoms with van der Waals surface area (Å²) in [7, 11) is 0. The number of fused-ring (bicyclic) bond motifs is 1. The van der Waals surface area contributed by atoms with Gasteiger partial charge in [0.15, 0.2) is 5.13 Å². The highest BCUT2D eigenvalue weighted by atomic mass is 32.1. The summed E-state index contributed by atoms with van der Waals surface area (Å²) in [6.45, 7) is 8.46. The van der Waals surface area contributed by atoms with Crippen LogP contribution in [0.15, 0.2) is 42.5 Å². The summed E-state index contributed by atoms with van der Waals surface area (Å²) >= 11 is 1.57. The molecule has 1 saturated heterocycles. The molecule has 1 aliphatic rings. The van der Waals surface area contributed by atoms with Crippen LogP contribution in [0.1, 0.15) is 68.3 Å². The van der Waals surface area contributed by atoms with Crippen molar-refractivity contribution in [3.05, 3.63) is 53.6 Å². The zero-order valence-electron chi connectivity index (χ0n) is 19.2. The molecule has 0 N–H and O–H groups in total. The van der Waals surface area contributed by atoms with Crippen molar-refractivity contribution >= 4 is 32.6 Å². The quantitative estimate of drug-likeness (QED) is 0.351. The summed E-state index contributed by atoms with van der Waals surface area (Å²) in [5.41, 5.74) is 2.84. The largest absolute Gasteiger partial charge is 0.494 e. The number of rotatable bonds is 9. The summed E-state index contributed by atoms with van der Waals surface area (Å²) in [6.07, 6.45) is 4.16. The highest BCUT2D eigenvalue weighted by molar-refractivity contribution is 7.22. The number of benzene rings is 2. The van der Waals surface area contributed by atoms with Crippen molar-refractivity contribution in [2.24, 2.45) is 0 Å². The van der Waals surface area contributed by atoms with E-state index in [1.807, 2.05) is 24.3 Å². The first-order valence-corrected chi connectivity index (χ1v) is 12.4. The Bertz CT molecular complexity index is 1040. The molecule has 4 rings (SSSR count). The molecule has 5 nitrogen and oxygen atoms in total. The van der Waals surface area contributed by atoms with Gasteiger partial charge < -0.3 is 9.47 Å². The van der Waals surface area contributed by atoms with Crippen LogP contribution in [0.5, 0.6) is 5.75 Å². The van der Waals surface area contributed by atoms with Crippen molar-refractivity contribution in [2.45, 2.75) is 58.5 Å². The molecule has 170 valence electrons. The van der Waals surface area contributed by atoms with Crippen LogP contribution >= 0.6 is 11.3 Å². The van der Waals surface area contributed by atoms with Gasteiger partial charge in [0.25, 0.3) is 5.91 Å². The van der Waals surface area contributed by atoms with Gasteiger partial charge in [0.05, 0.1) is 29.5 Å². The third-order valence-corrected chi connectivity index (χ3v) is 6.86. The summed E-state index contributed by atoms with van der Waals surface area (Å²) < 4.78 is 12.7. The molecule has 0 spiro atoms. The van der Waals surface area contributed by atoms with Crippen molar-refractivity contribution < 1.29 is 14.3 Å². The van der Waals surface area contributed by atoms with Gasteiger partial charge in [-0.15, -0.1) is 0 Å². The lowest BCUT2D eigenvalue weighted by molar-refractivity contribution is 0.0917. The first-order valence-electron chi connectivity index (χ1n) is 11.6. The van der Waals surface area contributed by atoms with E-state index in [9.17, 15) is 4.79 Å². The number of hydrogen-bond donors (Lipinski definition) is 0. The zero-order valence-corrected chi connectivity index (χ0v) is 20.0. The van der Waals surface area contributed by atoms with E-state index in [4.69, 9.17) is 14.5 Å². The Labute approximate surface area is 194 Å². The fourth-order valence-electron chi connectivity index (χ4n) is 3.96. The SMILES string of the molecule is CCCCOc1ccc(C(=O)N(CC2CCCO2)c2nc3c(C(C)C)cccc3s2)cc1. The van der Waals surface area contributed by atoms with Gasteiger partial charge in [-0.3, -0.25) is 9.69 Å². The molecule has 1 aromatic heterocycles. The van der Waals surface area contributed by atoms with Crippen LogP contribution in [0.3, 0.4) is 0 Å². The van der Waals surface area contributed by atoms with Gasteiger partial charge >= 0.3 is 0 Å². The smallest absolute Gasteiger partial charge is 0.260 e. The van der Waals surface area contributed by atoms with Crippen LogP contribution < -0.4 is 9.64 Å². The fourth-order valence-corrected chi connectivity index (χ4v) is 4.97. The molecule has 1 atom stereocenters. The first kappa shape index (κ1) is 22.7. The van der Waals surface area contributed by atoms with Crippen LogP contribution in [0.2, 0.25) is 0 Å². The number of aromatic nitrogens is 1. The van der Waals surface area contributed by atoms with E-state index in [1.165, 1.54) is 5.56 Å².